The third-order valence-corrected chi connectivity index (χ3v) is 4.52. The van der Waals surface area contributed by atoms with Crippen molar-refractivity contribution in [2.75, 3.05) is 13.1 Å². The Hall–Kier alpha value is -0.800. The number of piperidine rings is 1. The minimum absolute atomic E-state index is 0.651. The predicted molar refractivity (Wildman–Crippen MR) is 83.5 cm³/mol. The van der Waals surface area contributed by atoms with Gasteiger partial charge in [0.2, 0.25) is 0 Å². The third kappa shape index (κ3) is 4.10. The van der Waals surface area contributed by atoms with Gasteiger partial charge in [-0.05, 0) is 50.3 Å². The minimum Gasteiger partial charge on any atom is -0.463 e. The van der Waals surface area contributed by atoms with Crippen LogP contribution in [0.5, 0.6) is 0 Å². The standard InChI is InChI=1S/C17H30N2O/c1-5-8-18-10-16-6-7-17(20-16)12-19-11-13(2)9-14(3)15(19)4/h6-7,13-15,18H,5,8-12H2,1-4H3. The van der Waals surface area contributed by atoms with Gasteiger partial charge in [-0.3, -0.25) is 4.90 Å². The van der Waals surface area contributed by atoms with Crippen molar-refractivity contribution in [2.45, 2.75) is 59.7 Å². The molecule has 0 radical (unpaired) electrons. The summed E-state index contributed by atoms with van der Waals surface area (Å²) in [6.45, 7) is 13.3. The van der Waals surface area contributed by atoms with Crippen LogP contribution in [-0.2, 0) is 13.1 Å². The van der Waals surface area contributed by atoms with Gasteiger partial charge in [-0.25, -0.2) is 0 Å². The summed E-state index contributed by atoms with van der Waals surface area (Å²) in [5, 5.41) is 3.38. The van der Waals surface area contributed by atoms with E-state index in [1.165, 1.54) is 13.0 Å². The summed E-state index contributed by atoms with van der Waals surface area (Å²) in [7, 11) is 0. The molecule has 114 valence electrons. The predicted octanol–water partition coefficient (Wildman–Crippen LogP) is 3.65. The molecule has 3 atom stereocenters. The molecular formula is C17H30N2O. The second-order valence-corrected chi connectivity index (χ2v) is 6.53. The van der Waals surface area contributed by atoms with E-state index >= 15 is 0 Å². The van der Waals surface area contributed by atoms with Gasteiger partial charge in [-0.2, -0.15) is 0 Å². The van der Waals surface area contributed by atoms with Crippen LogP contribution in [0.1, 0.15) is 52.1 Å². The maximum atomic E-state index is 5.95. The molecule has 1 aliphatic heterocycles. The molecular weight excluding hydrogens is 248 g/mol. The third-order valence-electron chi connectivity index (χ3n) is 4.52. The van der Waals surface area contributed by atoms with E-state index in [-0.39, 0.29) is 0 Å². The molecule has 0 saturated carbocycles. The maximum Gasteiger partial charge on any atom is 0.118 e. The maximum absolute atomic E-state index is 5.95. The van der Waals surface area contributed by atoms with Gasteiger partial charge in [0.25, 0.3) is 0 Å². The molecule has 0 aliphatic carbocycles. The van der Waals surface area contributed by atoms with Gasteiger partial charge in [-0.1, -0.05) is 20.8 Å². The minimum atomic E-state index is 0.651. The largest absolute Gasteiger partial charge is 0.463 e. The van der Waals surface area contributed by atoms with E-state index in [1.807, 2.05) is 0 Å². The fourth-order valence-electron chi connectivity index (χ4n) is 3.23. The first-order chi connectivity index (χ1) is 9.60. The van der Waals surface area contributed by atoms with E-state index in [9.17, 15) is 0 Å². The number of furan rings is 1. The van der Waals surface area contributed by atoms with Gasteiger partial charge < -0.3 is 9.73 Å². The summed E-state index contributed by atoms with van der Waals surface area (Å²) in [5.41, 5.74) is 0. The van der Waals surface area contributed by atoms with E-state index in [0.717, 1.165) is 49.4 Å². The Morgan fingerprint density at radius 3 is 2.75 bits per heavy atom. The van der Waals surface area contributed by atoms with Gasteiger partial charge in [0.05, 0.1) is 13.1 Å². The highest BCUT2D eigenvalue weighted by Gasteiger charge is 2.29. The van der Waals surface area contributed by atoms with Crippen molar-refractivity contribution < 1.29 is 4.42 Å². The zero-order chi connectivity index (χ0) is 14.5. The highest BCUT2D eigenvalue weighted by Crippen LogP contribution is 2.28. The first kappa shape index (κ1) is 15.6. The summed E-state index contributed by atoms with van der Waals surface area (Å²) in [6.07, 6.45) is 2.51. The molecule has 1 saturated heterocycles. The molecule has 1 aromatic heterocycles. The molecule has 1 fully saturated rings. The lowest BCUT2D eigenvalue weighted by atomic mass is 9.86. The molecule has 2 rings (SSSR count). The van der Waals surface area contributed by atoms with Gasteiger partial charge in [0.15, 0.2) is 0 Å². The highest BCUT2D eigenvalue weighted by atomic mass is 16.3. The Kier molecular flexibility index (Phi) is 5.67. The van der Waals surface area contributed by atoms with Gasteiger partial charge >= 0.3 is 0 Å². The normalized spacial score (nSPS) is 27.9. The van der Waals surface area contributed by atoms with E-state index in [2.05, 4.69) is 50.0 Å². The van der Waals surface area contributed by atoms with E-state index in [4.69, 9.17) is 4.42 Å². The topological polar surface area (TPSA) is 28.4 Å². The monoisotopic (exact) mass is 278 g/mol. The number of rotatable bonds is 6. The Morgan fingerprint density at radius 1 is 1.25 bits per heavy atom. The molecule has 3 unspecified atom stereocenters. The lowest BCUT2D eigenvalue weighted by Crippen LogP contribution is -2.45. The van der Waals surface area contributed by atoms with Crippen LogP contribution in [0.4, 0.5) is 0 Å². The van der Waals surface area contributed by atoms with Crippen molar-refractivity contribution in [3.05, 3.63) is 23.7 Å². The van der Waals surface area contributed by atoms with Crippen molar-refractivity contribution in [1.82, 2.24) is 10.2 Å². The zero-order valence-corrected chi connectivity index (χ0v) is 13.5. The first-order valence-corrected chi connectivity index (χ1v) is 8.12. The zero-order valence-electron chi connectivity index (χ0n) is 13.5. The Bertz CT molecular complexity index is 401. The van der Waals surface area contributed by atoms with Crippen LogP contribution in [0.25, 0.3) is 0 Å². The fraction of sp³-hybridized carbons (Fsp3) is 0.765. The van der Waals surface area contributed by atoms with Crippen molar-refractivity contribution in [2.24, 2.45) is 11.8 Å². The van der Waals surface area contributed by atoms with Crippen LogP contribution in [0.15, 0.2) is 16.5 Å². The van der Waals surface area contributed by atoms with Crippen molar-refractivity contribution in [1.29, 1.82) is 0 Å². The molecule has 0 aromatic carbocycles. The fourth-order valence-corrected chi connectivity index (χ4v) is 3.23. The number of hydrogen-bond acceptors (Lipinski definition) is 3. The Balaban J connectivity index is 1.89. The van der Waals surface area contributed by atoms with Crippen LogP contribution < -0.4 is 5.32 Å². The van der Waals surface area contributed by atoms with E-state index in [0.29, 0.717) is 6.04 Å². The van der Waals surface area contributed by atoms with Crippen molar-refractivity contribution in [3.8, 4) is 0 Å². The van der Waals surface area contributed by atoms with Gasteiger partial charge in [0, 0.05) is 12.6 Å². The summed E-state index contributed by atoms with van der Waals surface area (Å²) in [4.78, 5) is 2.57. The van der Waals surface area contributed by atoms with Crippen molar-refractivity contribution in [3.63, 3.8) is 0 Å². The smallest absolute Gasteiger partial charge is 0.118 e. The molecule has 20 heavy (non-hydrogen) atoms. The summed E-state index contributed by atoms with van der Waals surface area (Å²) in [6, 6.07) is 4.90. The summed E-state index contributed by atoms with van der Waals surface area (Å²) < 4.78 is 5.95. The Labute approximate surface area is 123 Å². The Morgan fingerprint density at radius 2 is 2.00 bits per heavy atom. The number of likely N-dealkylation sites (tertiary alicyclic amines) is 1. The lowest BCUT2D eigenvalue weighted by Gasteiger charge is -2.40. The molecule has 0 bridgehead atoms. The number of hydrogen-bond donors (Lipinski definition) is 1. The lowest BCUT2D eigenvalue weighted by molar-refractivity contribution is 0.0665. The number of nitrogens with zero attached hydrogens (tertiary/aromatic N) is 1. The molecule has 1 aliphatic rings. The highest BCUT2D eigenvalue weighted by molar-refractivity contribution is 5.07. The SMILES string of the molecule is CCCNCc1ccc(CN2CC(C)CC(C)C2C)o1. The second-order valence-electron chi connectivity index (χ2n) is 6.53. The van der Waals surface area contributed by atoms with Crippen molar-refractivity contribution >= 4 is 0 Å². The van der Waals surface area contributed by atoms with Crippen LogP contribution in [0.2, 0.25) is 0 Å². The quantitative estimate of drug-likeness (QED) is 0.805. The molecule has 2 heterocycles. The molecule has 0 spiro atoms. The van der Waals surface area contributed by atoms with Crippen LogP contribution >= 0.6 is 0 Å². The van der Waals surface area contributed by atoms with Crippen LogP contribution in [0.3, 0.4) is 0 Å². The number of nitrogens with one attached hydrogen (secondary N) is 1. The van der Waals surface area contributed by atoms with Crippen LogP contribution in [0, 0.1) is 11.8 Å². The molecule has 1 aromatic rings. The molecule has 0 amide bonds. The van der Waals surface area contributed by atoms with Gasteiger partial charge in [-0.15, -0.1) is 0 Å². The van der Waals surface area contributed by atoms with E-state index in [1.54, 1.807) is 0 Å². The van der Waals surface area contributed by atoms with E-state index < -0.39 is 0 Å². The average molecular weight is 278 g/mol. The van der Waals surface area contributed by atoms with Crippen LogP contribution in [-0.4, -0.2) is 24.0 Å². The summed E-state index contributed by atoms with van der Waals surface area (Å²) >= 11 is 0. The second kappa shape index (κ2) is 7.28. The molecule has 3 nitrogen and oxygen atoms in total. The van der Waals surface area contributed by atoms with Gasteiger partial charge in [0.1, 0.15) is 11.5 Å². The molecule has 3 heteroatoms. The molecule has 1 N–H and O–H groups in total. The summed E-state index contributed by atoms with van der Waals surface area (Å²) in [5.74, 6) is 3.73. The first-order valence-electron chi connectivity index (χ1n) is 8.12. The average Bonchev–Trinajstić information content (AvgIpc) is 2.83.